The van der Waals surface area contributed by atoms with Gasteiger partial charge in [0.05, 0.1) is 5.02 Å². The second-order valence-corrected chi connectivity index (χ2v) is 10.5. The first-order valence-electron chi connectivity index (χ1n) is 14.9. The summed E-state index contributed by atoms with van der Waals surface area (Å²) in [5.74, 6) is 0.925. The lowest BCUT2D eigenvalue weighted by atomic mass is 10.0. The van der Waals surface area contributed by atoms with Gasteiger partial charge in [0.15, 0.2) is 11.5 Å². The molecule has 1 heterocycles. The number of carbonyl (C=O) groups is 1. The summed E-state index contributed by atoms with van der Waals surface area (Å²) in [7, 11) is 0. The summed E-state index contributed by atoms with van der Waals surface area (Å²) in [6.07, 6.45) is 22.3. The van der Waals surface area contributed by atoms with Gasteiger partial charge < -0.3 is 14.6 Å². The average molecular weight is 533 g/mol. The first kappa shape index (κ1) is 31.2. The number of carbonyl (C=O) groups excluding carboxylic acids is 1. The van der Waals surface area contributed by atoms with E-state index in [-0.39, 0.29) is 0 Å². The Bertz CT molecular complexity index is 868. The molecular weight excluding hydrogens is 484 g/mol. The van der Waals surface area contributed by atoms with Crippen LogP contribution in [0.4, 0.5) is 4.79 Å². The van der Waals surface area contributed by atoms with Gasteiger partial charge in [0.25, 0.3) is 0 Å². The Hall–Kier alpha value is -2.01. The van der Waals surface area contributed by atoms with Crippen LogP contribution in [-0.2, 0) is 6.42 Å². The van der Waals surface area contributed by atoms with E-state index in [0.29, 0.717) is 40.8 Å². The molecule has 0 radical (unpaired) electrons. The fourth-order valence-electron chi connectivity index (χ4n) is 4.62. The van der Waals surface area contributed by atoms with E-state index in [2.05, 4.69) is 17.4 Å². The molecule has 2 rings (SSSR count). The van der Waals surface area contributed by atoms with Crippen molar-refractivity contribution in [1.29, 1.82) is 0 Å². The van der Waals surface area contributed by atoms with E-state index < -0.39 is 6.09 Å². The number of aromatic nitrogens is 1. The highest BCUT2D eigenvalue weighted by Crippen LogP contribution is 2.37. The van der Waals surface area contributed by atoms with Gasteiger partial charge in [-0.25, -0.2) is 4.79 Å². The molecule has 6 heteroatoms. The number of amides is 1. The number of nitrogens with one attached hydrogen (secondary N) is 1. The number of aryl methyl sites for hydroxylation is 1. The second kappa shape index (κ2) is 20.0. The summed E-state index contributed by atoms with van der Waals surface area (Å²) in [5, 5.41) is 7.55. The van der Waals surface area contributed by atoms with E-state index in [1.54, 1.807) is 6.07 Å². The third kappa shape index (κ3) is 12.9. The van der Waals surface area contributed by atoms with Crippen LogP contribution in [0.1, 0.15) is 129 Å². The lowest BCUT2D eigenvalue weighted by Gasteiger charge is -2.08. The predicted molar refractivity (Wildman–Crippen MR) is 155 cm³/mol. The zero-order valence-electron chi connectivity index (χ0n) is 23.3. The van der Waals surface area contributed by atoms with Crippen LogP contribution in [0.25, 0.3) is 11.3 Å². The molecule has 1 N–H and O–H groups in total. The summed E-state index contributed by atoms with van der Waals surface area (Å²) in [6.45, 7) is 4.92. The van der Waals surface area contributed by atoms with Crippen molar-refractivity contribution in [2.75, 3.05) is 6.54 Å². The highest BCUT2D eigenvalue weighted by atomic mass is 35.5. The summed E-state index contributed by atoms with van der Waals surface area (Å²) < 4.78 is 11.1. The number of rotatable bonds is 21. The van der Waals surface area contributed by atoms with E-state index in [1.807, 2.05) is 25.1 Å². The largest absolute Gasteiger partial charge is 0.412 e. The molecule has 0 bridgehead atoms. The minimum absolute atomic E-state index is 0.361. The van der Waals surface area contributed by atoms with Gasteiger partial charge >= 0.3 is 6.09 Å². The van der Waals surface area contributed by atoms with Crippen molar-refractivity contribution in [3.8, 4) is 17.0 Å². The maximum atomic E-state index is 12.5. The molecule has 0 fully saturated rings. The summed E-state index contributed by atoms with van der Waals surface area (Å²) in [4.78, 5) is 12.5. The number of benzene rings is 1. The number of unbranched alkanes of at least 4 members (excludes halogenated alkanes) is 15. The third-order valence-electron chi connectivity index (χ3n) is 6.82. The van der Waals surface area contributed by atoms with Gasteiger partial charge in [-0.1, -0.05) is 145 Å². The van der Waals surface area contributed by atoms with E-state index in [1.165, 1.54) is 89.9 Å². The molecule has 0 saturated heterocycles. The minimum Gasteiger partial charge on any atom is -0.404 e. The third-order valence-corrected chi connectivity index (χ3v) is 7.15. The molecule has 1 amide bonds. The van der Waals surface area contributed by atoms with Gasteiger partial charge in [-0.3, -0.25) is 0 Å². The molecule has 0 saturated carbocycles. The van der Waals surface area contributed by atoms with Gasteiger partial charge in [0.1, 0.15) is 0 Å². The van der Waals surface area contributed by atoms with Crippen LogP contribution in [0.15, 0.2) is 28.8 Å². The molecule has 0 atom stereocenters. The summed E-state index contributed by atoms with van der Waals surface area (Å²) >= 11 is 6.33. The van der Waals surface area contributed by atoms with Gasteiger partial charge in [-0.15, -0.1) is 0 Å². The van der Waals surface area contributed by atoms with Gasteiger partial charge in [-0.05, 0) is 18.9 Å². The quantitative estimate of drug-likeness (QED) is 0.162. The fourth-order valence-corrected chi connectivity index (χ4v) is 4.85. The molecule has 5 nitrogen and oxygen atoms in total. The van der Waals surface area contributed by atoms with E-state index >= 15 is 0 Å². The smallest absolute Gasteiger partial charge is 0.404 e. The van der Waals surface area contributed by atoms with Crippen LogP contribution in [0, 0.1) is 0 Å². The van der Waals surface area contributed by atoms with Crippen molar-refractivity contribution >= 4 is 17.7 Å². The summed E-state index contributed by atoms with van der Waals surface area (Å²) in [5.41, 5.74) is 1.16. The van der Waals surface area contributed by atoms with Crippen LogP contribution in [0.2, 0.25) is 5.02 Å². The SMILES string of the molecule is CCCCCCCCCCCCCCCCCCNC(=O)Oc1c(-c2ccccc2Cl)noc1CCC. The van der Waals surface area contributed by atoms with E-state index in [4.69, 9.17) is 20.9 Å². The van der Waals surface area contributed by atoms with Crippen molar-refractivity contribution in [1.82, 2.24) is 10.5 Å². The molecule has 0 unspecified atom stereocenters. The monoisotopic (exact) mass is 532 g/mol. The first-order valence-corrected chi connectivity index (χ1v) is 15.2. The standard InChI is InChI=1S/C31H49ClN2O3/c1-3-5-6-7-8-9-10-11-12-13-14-15-16-17-18-21-25-33-31(35)36-30-28(22-4-2)37-34-29(30)26-23-19-20-24-27(26)32/h19-20,23-24H,3-18,21-22,25H2,1-2H3,(H,33,35). The maximum absolute atomic E-state index is 12.5. The van der Waals surface area contributed by atoms with Gasteiger partial charge in [0.2, 0.25) is 5.75 Å². The second-order valence-electron chi connectivity index (χ2n) is 10.1. The first-order chi connectivity index (χ1) is 18.2. The minimum atomic E-state index is -0.477. The van der Waals surface area contributed by atoms with Crippen LogP contribution in [-0.4, -0.2) is 17.8 Å². The normalized spacial score (nSPS) is 11.1. The predicted octanol–water partition coefficient (Wildman–Crippen LogP) is 10.3. The van der Waals surface area contributed by atoms with Gasteiger partial charge in [0, 0.05) is 18.5 Å². The number of nitrogens with zero attached hydrogens (tertiary/aromatic N) is 1. The summed E-state index contributed by atoms with van der Waals surface area (Å²) in [6, 6.07) is 7.35. The Balaban J connectivity index is 1.53. The molecule has 1 aromatic carbocycles. The Morgan fingerprint density at radius 3 is 1.89 bits per heavy atom. The molecule has 1 aromatic heterocycles. The molecular formula is C31H49ClN2O3. The number of ether oxygens (including phenoxy) is 1. The van der Waals surface area contributed by atoms with Crippen LogP contribution >= 0.6 is 11.6 Å². The van der Waals surface area contributed by atoms with Gasteiger partial charge in [-0.2, -0.15) is 0 Å². The van der Waals surface area contributed by atoms with Crippen LogP contribution in [0.3, 0.4) is 0 Å². The van der Waals surface area contributed by atoms with Crippen LogP contribution < -0.4 is 10.1 Å². The van der Waals surface area contributed by atoms with E-state index in [0.717, 1.165) is 19.3 Å². The molecule has 0 spiro atoms. The zero-order chi connectivity index (χ0) is 26.6. The Morgan fingerprint density at radius 1 is 0.811 bits per heavy atom. The van der Waals surface area contributed by atoms with E-state index in [9.17, 15) is 4.79 Å². The Kier molecular flexibility index (Phi) is 16.9. The van der Waals surface area contributed by atoms with Crippen molar-refractivity contribution in [2.24, 2.45) is 0 Å². The highest BCUT2D eigenvalue weighted by Gasteiger charge is 2.22. The molecule has 0 aliphatic carbocycles. The number of hydrogen-bond acceptors (Lipinski definition) is 4. The maximum Gasteiger partial charge on any atom is 0.412 e. The number of hydrogen-bond donors (Lipinski definition) is 1. The average Bonchev–Trinajstić information content (AvgIpc) is 3.28. The van der Waals surface area contributed by atoms with Crippen molar-refractivity contribution in [3.63, 3.8) is 0 Å². The van der Waals surface area contributed by atoms with Crippen LogP contribution in [0.5, 0.6) is 5.75 Å². The number of halogens is 1. The highest BCUT2D eigenvalue weighted by molar-refractivity contribution is 6.33. The zero-order valence-corrected chi connectivity index (χ0v) is 24.1. The fraction of sp³-hybridized carbons (Fsp3) is 0.677. The van der Waals surface area contributed by atoms with Crippen molar-refractivity contribution in [3.05, 3.63) is 35.0 Å². The molecule has 0 aliphatic heterocycles. The van der Waals surface area contributed by atoms with Crippen molar-refractivity contribution in [2.45, 2.75) is 129 Å². The lowest BCUT2D eigenvalue weighted by Crippen LogP contribution is -2.28. The Morgan fingerprint density at radius 2 is 1.35 bits per heavy atom. The molecule has 2 aromatic rings. The lowest BCUT2D eigenvalue weighted by molar-refractivity contribution is 0.199. The molecule has 208 valence electrons. The molecule has 0 aliphatic rings. The topological polar surface area (TPSA) is 64.4 Å². The molecule has 37 heavy (non-hydrogen) atoms. The van der Waals surface area contributed by atoms with Crippen molar-refractivity contribution < 1.29 is 14.1 Å². The Labute approximate surface area is 230 Å².